The van der Waals surface area contributed by atoms with Gasteiger partial charge >= 0.3 is 0 Å². The minimum absolute atomic E-state index is 0.0168. The highest BCUT2D eigenvalue weighted by Gasteiger charge is 2.17. The molecule has 2 N–H and O–H groups in total. The van der Waals surface area contributed by atoms with Gasteiger partial charge in [0.25, 0.3) is 15.9 Å². The molecular weight excluding hydrogens is 390 g/mol. The number of carbonyl (C=O) groups is 1. The molecule has 3 rings (SSSR count). The molecule has 0 bridgehead atoms. The van der Waals surface area contributed by atoms with Crippen molar-refractivity contribution in [3.63, 3.8) is 0 Å². The van der Waals surface area contributed by atoms with Crippen molar-refractivity contribution in [3.8, 4) is 0 Å². The highest BCUT2D eigenvalue weighted by Crippen LogP contribution is 2.21. The second-order valence-electron chi connectivity index (χ2n) is 6.57. The third kappa shape index (κ3) is 4.91. The van der Waals surface area contributed by atoms with Gasteiger partial charge in [-0.2, -0.15) is 5.10 Å². The molecule has 0 spiro atoms. The minimum atomic E-state index is -3.85. The number of amides is 1. The Labute approximate surface area is 169 Å². The number of aryl methyl sites for hydroxylation is 2. The van der Waals surface area contributed by atoms with E-state index in [0.29, 0.717) is 17.2 Å². The number of benzene rings is 2. The molecule has 150 valence electrons. The summed E-state index contributed by atoms with van der Waals surface area (Å²) in [5.41, 5.74) is 5.40. The second-order valence-corrected chi connectivity index (χ2v) is 8.25. The summed E-state index contributed by atoms with van der Waals surface area (Å²) in [4.78, 5) is 12.4. The van der Waals surface area contributed by atoms with E-state index in [0.717, 1.165) is 11.1 Å². The molecule has 1 aromatic heterocycles. The molecule has 0 fully saturated rings. The Morgan fingerprint density at radius 3 is 2.52 bits per heavy atom. The molecule has 0 aliphatic rings. The normalized spacial score (nSPS) is 11.9. The first-order valence-corrected chi connectivity index (χ1v) is 10.3. The first-order valence-electron chi connectivity index (χ1n) is 8.85. The van der Waals surface area contributed by atoms with E-state index in [4.69, 9.17) is 4.42 Å². The van der Waals surface area contributed by atoms with Gasteiger partial charge in [-0.25, -0.2) is 13.8 Å². The number of anilines is 1. The fourth-order valence-corrected chi connectivity index (χ4v) is 3.85. The molecular formula is C21H21N3O4S. The molecule has 2 aromatic carbocycles. The van der Waals surface area contributed by atoms with Crippen LogP contribution >= 0.6 is 0 Å². The fourth-order valence-electron chi connectivity index (χ4n) is 2.67. The monoisotopic (exact) mass is 411 g/mol. The lowest BCUT2D eigenvalue weighted by Crippen LogP contribution is -2.20. The van der Waals surface area contributed by atoms with Crippen LogP contribution in [0, 0.1) is 13.8 Å². The highest BCUT2D eigenvalue weighted by atomic mass is 32.2. The molecule has 0 aliphatic carbocycles. The number of hydrazone groups is 1. The third-order valence-electron chi connectivity index (χ3n) is 4.24. The van der Waals surface area contributed by atoms with Crippen molar-refractivity contribution in [1.29, 1.82) is 0 Å². The lowest BCUT2D eigenvalue weighted by Gasteiger charge is -2.12. The van der Waals surface area contributed by atoms with Gasteiger partial charge in [0.1, 0.15) is 11.5 Å². The van der Waals surface area contributed by atoms with Gasteiger partial charge in [-0.15, -0.1) is 0 Å². The van der Waals surface area contributed by atoms with Crippen LogP contribution in [0.25, 0.3) is 0 Å². The average Bonchev–Trinajstić information content (AvgIpc) is 3.23. The first kappa shape index (κ1) is 20.3. The van der Waals surface area contributed by atoms with Crippen molar-refractivity contribution in [2.75, 3.05) is 4.72 Å². The predicted octanol–water partition coefficient (Wildman–Crippen LogP) is 3.85. The van der Waals surface area contributed by atoms with Gasteiger partial charge in [0.2, 0.25) is 0 Å². The molecule has 0 saturated carbocycles. The summed E-state index contributed by atoms with van der Waals surface area (Å²) in [6.45, 7) is 5.45. The van der Waals surface area contributed by atoms with E-state index in [-0.39, 0.29) is 10.5 Å². The summed E-state index contributed by atoms with van der Waals surface area (Å²) in [6, 6.07) is 14.6. The average molecular weight is 411 g/mol. The second kappa shape index (κ2) is 8.32. The quantitative estimate of drug-likeness (QED) is 0.475. The van der Waals surface area contributed by atoms with Crippen molar-refractivity contribution in [3.05, 3.63) is 83.3 Å². The van der Waals surface area contributed by atoms with Crippen LogP contribution in [0.15, 0.2) is 75.3 Å². The van der Waals surface area contributed by atoms with Crippen LogP contribution in [-0.2, 0) is 10.0 Å². The molecule has 0 radical (unpaired) electrons. The lowest BCUT2D eigenvalue weighted by atomic mass is 10.1. The van der Waals surface area contributed by atoms with Crippen LogP contribution in [0.2, 0.25) is 0 Å². The topological polar surface area (TPSA) is 101 Å². The standard InChI is InChI=1S/C21H21N3O4S/c1-14-9-10-19(15(2)12-14)24-29(26,27)18-7-4-6-17(13-18)21(25)23-22-16(3)20-8-5-11-28-20/h4-13,24H,1-3H3,(H,23,25)/b22-16-. The molecule has 3 aromatic rings. The predicted molar refractivity (Wildman–Crippen MR) is 112 cm³/mol. The summed E-state index contributed by atoms with van der Waals surface area (Å²) in [6.07, 6.45) is 1.51. The van der Waals surface area contributed by atoms with Gasteiger partial charge in [0.05, 0.1) is 16.8 Å². The van der Waals surface area contributed by atoms with Crippen molar-refractivity contribution in [2.24, 2.45) is 5.10 Å². The Bertz CT molecular complexity index is 1170. The Hall–Kier alpha value is -3.39. The molecule has 8 heteroatoms. The molecule has 0 saturated heterocycles. The van der Waals surface area contributed by atoms with E-state index in [2.05, 4.69) is 15.2 Å². The van der Waals surface area contributed by atoms with E-state index in [1.165, 1.54) is 30.5 Å². The Morgan fingerprint density at radius 1 is 1.03 bits per heavy atom. The fraction of sp³-hybridized carbons (Fsp3) is 0.143. The molecule has 0 aliphatic heterocycles. The number of hydrogen-bond donors (Lipinski definition) is 2. The van der Waals surface area contributed by atoms with E-state index >= 15 is 0 Å². The number of carbonyl (C=O) groups excluding carboxylic acids is 1. The van der Waals surface area contributed by atoms with E-state index in [9.17, 15) is 13.2 Å². The zero-order valence-electron chi connectivity index (χ0n) is 16.3. The smallest absolute Gasteiger partial charge is 0.271 e. The Morgan fingerprint density at radius 2 is 1.83 bits per heavy atom. The molecule has 1 heterocycles. The van der Waals surface area contributed by atoms with Gasteiger partial charge in [-0.05, 0) is 62.7 Å². The molecule has 1 amide bonds. The van der Waals surface area contributed by atoms with Crippen molar-refractivity contribution in [2.45, 2.75) is 25.7 Å². The summed E-state index contributed by atoms with van der Waals surface area (Å²) < 4.78 is 33.3. The third-order valence-corrected chi connectivity index (χ3v) is 5.60. The zero-order valence-corrected chi connectivity index (χ0v) is 17.1. The number of nitrogens with zero attached hydrogens (tertiary/aromatic N) is 1. The van der Waals surface area contributed by atoms with Gasteiger partial charge in [0.15, 0.2) is 0 Å². The van der Waals surface area contributed by atoms with Crippen molar-refractivity contribution < 1.29 is 17.6 Å². The van der Waals surface area contributed by atoms with Crippen molar-refractivity contribution >= 4 is 27.3 Å². The van der Waals surface area contributed by atoms with E-state index in [1.54, 1.807) is 25.1 Å². The van der Waals surface area contributed by atoms with Crippen LogP contribution in [0.5, 0.6) is 0 Å². The lowest BCUT2D eigenvalue weighted by molar-refractivity contribution is 0.0954. The zero-order chi connectivity index (χ0) is 21.0. The van der Waals surface area contributed by atoms with Crippen LogP contribution in [0.1, 0.15) is 34.2 Å². The molecule has 29 heavy (non-hydrogen) atoms. The number of nitrogens with one attached hydrogen (secondary N) is 2. The largest absolute Gasteiger partial charge is 0.463 e. The minimum Gasteiger partial charge on any atom is -0.463 e. The van der Waals surface area contributed by atoms with Crippen molar-refractivity contribution in [1.82, 2.24) is 5.43 Å². The maximum absolute atomic E-state index is 12.8. The van der Waals surface area contributed by atoms with Gasteiger partial charge in [-0.1, -0.05) is 23.8 Å². The Balaban J connectivity index is 1.79. The van der Waals surface area contributed by atoms with Crippen LogP contribution in [0.4, 0.5) is 5.69 Å². The van der Waals surface area contributed by atoms with Gasteiger partial charge in [-0.3, -0.25) is 9.52 Å². The van der Waals surface area contributed by atoms with Gasteiger partial charge in [0, 0.05) is 5.56 Å². The maximum atomic E-state index is 12.8. The van der Waals surface area contributed by atoms with E-state index in [1.807, 2.05) is 26.0 Å². The Kier molecular flexibility index (Phi) is 5.84. The van der Waals surface area contributed by atoms with Gasteiger partial charge < -0.3 is 4.42 Å². The number of rotatable bonds is 6. The molecule has 0 unspecified atom stereocenters. The molecule has 7 nitrogen and oxygen atoms in total. The summed E-state index contributed by atoms with van der Waals surface area (Å²) in [5, 5.41) is 3.98. The first-order chi connectivity index (χ1) is 13.8. The SMILES string of the molecule is C/C(=N/NC(=O)c1cccc(S(=O)(=O)Nc2ccc(C)cc2C)c1)c1ccco1. The summed E-state index contributed by atoms with van der Waals surface area (Å²) in [7, 11) is -3.85. The van der Waals surface area contributed by atoms with Crippen LogP contribution < -0.4 is 10.1 Å². The number of furan rings is 1. The number of sulfonamides is 1. The number of hydrogen-bond acceptors (Lipinski definition) is 5. The van der Waals surface area contributed by atoms with E-state index < -0.39 is 15.9 Å². The maximum Gasteiger partial charge on any atom is 0.271 e. The van der Waals surface area contributed by atoms with Crippen LogP contribution in [0.3, 0.4) is 0 Å². The molecule has 0 atom stereocenters. The highest BCUT2D eigenvalue weighted by molar-refractivity contribution is 7.92. The van der Waals surface area contributed by atoms with Crippen LogP contribution in [-0.4, -0.2) is 20.0 Å². The summed E-state index contributed by atoms with van der Waals surface area (Å²) in [5.74, 6) is -0.00114. The summed E-state index contributed by atoms with van der Waals surface area (Å²) >= 11 is 0.